The Balaban J connectivity index is 2.23. The number of carbonyl (C=O) groups excluding carboxylic acids is 1. The van der Waals surface area contributed by atoms with Gasteiger partial charge in [-0.1, -0.05) is 32.5 Å². The molecule has 0 aromatic rings. The Bertz CT molecular complexity index is 365. The van der Waals surface area contributed by atoms with E-state index in [1.165, 1.54) is 19.3 Å². The van der Waals surface area contributed by atoms with Gasteiger partial charge in [0.1, 0.15) is 0 Å². The predicted octanol–water partition coefficient (Wildman–Crippen LogP) is 2.87. The maximum atomic E-state index is 13.0. The lowest BCUT2D eigenvalue weighted by atomic mass is 9.79. The Morgan fingerprint density at radius 2 is 1.89 bits per heavy atom. The molecule has 19 heavy (non-hydrogen) atoms. The van der Waals surface area contributed by atoms with Crippen LogP contribution in [0.2, 0.25) is 0 Å². The van der Waals surface area contributed by atoms with Gasteiger partial charge in [-0.3, -0.25) is 4.79 Å². The van der Waals surface area contributed by atoms with Crippen molar-refractivity contribution in [1.29, 1.82) is 0 Å². The lowest BCUT2D eigenvalue weighted by Gasteiger charge is -2.43. The molecule has 2 aliphatic rings. The van der Waals surface area contributed by atoms with Gasteiger partial charge < -0.3 is 10.6 Å². The average molecular weight is 282 g/mol. The highest BCUT2D eigenvalue weighted by molar-refractivity contribution is 7.80. The topological polar surface area (TPSA) is 46.3 Å². The first-order valence-electron chi connectivity index (χ1n) is 7.67. The van der Waals surface area contributed by atoms with E-state index in [1.807, 2.05) is 13.8 Å². The molecule has 1 saturated carbocycles. The fourth-order valence-corrected chi connectivity index (χ4v) is 4.36. The number of nitrogens with zero attached hydrogens (tertiary/aromatic N) is 1. The highest BCUT2D eigenvalue weighted by Crippen LogP contribution is 2.40. The van der Waals surface area contributed by atoms with E-state index >= 15 is 0 Å². The number of hydrogen-bond donors (Lipinski definition) is 1. The van der Waals surface area contributed by atoms with E-state index in [2.05, 4.69) is 4.90 Å². The highest BCUT2D eigenvalue weighted by Gasteiger charge is 2.46. The zero-order valence-electron chi connectivity index (χ0n) is 12.2. The van der Waals surface area contributed by atoms with Gasteiger partial charge in [0.25, 0.3) is 0 Å². The second-order valence-electron chi connectivity index (χ2n) is 6.05. The van der Waals surface area contributed by atoms with Crippen molar-refractivity contribution in [2.45, 2.75) is 64.8 Å². The van der Waals surface area contributed by atoms with Crippen LogP contribution in [0.4, 0.5) is 0 Å². The Hall–Kier alpha value is -0.640. The van der Waals surface area contributed by atoms with Gasteiger partial charge in [-0.15, -0.1) is 0 Å². The summed E-state index contributed by atoms with van der Waals surface area (Å²) in [6.45, 7) is 4.94. The number of fused-ring (bicyclic) bond motifs is 1. The van der Waals surface area contributed by atoms with E-state index in [9.17, 15) is 4.79 Å². The predicted molar refractivity (Wildman–Crippen MR) is 81.9 cm³/mol. The summed E-state index contributed by atoms with van der Waals surface area (Å²) in [4.78, 5) is 15.5. The standard InChI is InChI=1S/C15H26N2OS/c1-3-15(4-2,13(16)19)14(18)17-10-6-8-11-7-5-9-12(11)17/h11-12H,3-10H2,1-2H3,(H2,16,19). The Morgan fingerprint density at radius 1 is 1.26 bits per heavy atom. The van der Waals surface area contributed by atoms with Crippen molar-refractivity contribution in [3.8, 4) is 0 Å². The van der Waals surface area contributed by atoms with Crippen LogP contribution < -0.4 is 5.73 Å². The Morgan fingerprint density at radius 3 is 2.47 bits per heavy atom. The third kappa shape index (κ3) is 2.39. The number of likely N-dealkylation sites (tertiary alicyclic amines) is 1. The third-order valence-corrected chi connectivity index (χ3v) is 5.73. The van der Waals surface area contributed by atoms with Crippen molar-refractivity contribution in [1.82, 2.24) is 4.90 Å². The molecule has 2 atom stereocenters. The van der Waals surface area contributed by atoms with Crippen molar-refractivity contribution in [3.05, 3.63) is 0 Å². The van der Waals surface area contributed by atoms with Gasteiger partial charge in [-0.2, -0.15) is 0 Å². The molecule has 0 aromatic carbocycles. The summed E-state index contributed by atoms with van der Waals surface area (Å²) in [5.74, 6) is 0.914. The number of rotatable bonds is 4. The zero-order valence-corrected chi connectivity index (χ0v) is 13.0. The van der Waals surface area contributed by atoms with Crippen LogP contribution in [0.25, 0.3) is 0 Å². The molecule has 2 unspecified atom stereocenters. The number of amides is 1. The van der Waals surface area contributed by atoms with Crippen molar-refractivity contribution in [2.75, 3.05) is 6.54 Å². The second-order valence-corrected chi connectivity index (χ2v) is 6.49. The Kier molecular flexibility index (Phi) is 4.49. The lowest BCUT2D eigenvalue weighted by molar-refractivity contribution is -0.143. The molecule has 0 spiro atoms. The molecule has 0 radical (unpaired) electrons. The molecule has 2 N–H and O–H groups in total. The number of hydrogen-bond acceptors (Lipinski definition) is 2. The minimum atomic E-state index is -0.611. The molecule has 0 aromatic heterocycles. The van der Waals surface area contributed by atoms with Crippen molar-refractivity contribution in [2.24, 2.45) is 17.1 Å². The SMILES string of the molecule is CCC(CC)(C(=O)N1CCCC2CCCC21)C(N)=S. The van der Waals surface area contributed by atoms with E-state index in [-0.39, 0.29) is 5.91 Å². The molecule has 1 saturated heterocycles. The van der Waals surface area contributed by atoms with Crippen LogP contribution >= 0.6 is 12.2 Å². The van der Waals surface area contributed by atoms with Crippen LogP contribution in [0.5, 0.6) is 0 Å². The molecule has 1 aliphatic carbocycles. The summed E-state index contributed by atoms with van der Waals surface area (Å²) >= 11 is 5.22. The molecular weight excluding hydrogens is 256 g/mol. The van der Waals surface area contributed by atoms with Crippen LogP contribution in [0.3, 0.4) is 0 Å². The van der Waals surface area contributed by atoms with Crippen molar-refractivity contribution >= 4 is 23.1 Å². The fraction of sp³-hybridized carbons (Fsp3) is 0.867. The van der Waals surface area contributed by atoms with E-state index in [4.69, 9.17) is 18.0 Å². The molecule has 3 nitrogen and oxygen atoms in total. The summed E-state index contributed by atoms with van der Waals surface area (Å²) in [5.41, 5.74) is 5.31. The maximum absolute atomic E-state index is 13.0. The van der Waals surface area contributed by atoms with Crippen molar-refractivity contribution < 1.29 is 4.79 Å². The summed E-state index contributed by atoms with van der Waals surface area (Å²) in [6.07, 6.45) is 7.55. The van der Waals surface area contributed by atoms with E-state index in [1.54, 1.807) is 0 Å². The summed E-state index contributed by atoms with van der Waals surface area (Å²) in [5, 5.41) is 0. The van der Waals surface area contributed by atoms with Gasteiger partial charge in [-0.05, 0) is 44.4 Å². The molecule has 1 heterocycles. The molecule has 4 heteroatoms. The van der Waals surface area contributed by atoms with Crippen LogP contribution in [-0.4, -0.2) is 28.4 Å². The molecule has 1 amide bonds. The normalized spacial score (nSPS) is 27.2. The fourth-order valence-electron chi connectivity index (χ4n) is 3.99. The number of thiocarbonyl (C=S) groups is 1. The lowest BCUT2D eigenvalue weighted by Crippen LogP contribution is -2.55. The average Bonchev–Trinajstić information content (AvgIpc) is 2.88. The number of carbonyl (C=O) groups is 1. The van der Waals surface area contributed by atoms with Crippen LogP contribution in [0, 0.1) is 11.3 Å². The molecule has 108 valence electrons. The minimum Gasteiger partial charge on any atom is -0.392 e. The monoisotopic (exact) mass is 282 g/mol. The first-order valence-corrected chi connectivity index (χ1v) is 8.08. The summed E-state index contributed by atoms with van der Waals surface area (Å²) < 4.78 is 0. The smallest absolute Gasteiger partial charge is 0.235 e. The third-order valence-electron chi connectivity index (χ3n) is 5.34. The molecule has 2 fully saturated rings. The Labute approximate surface area is 121 Å². The van der Waals surface area contributed by atoms with Crippen LogP contribution in [-0.2, 0) is 4.79 Å². The molecule has 0 bridgehead atoms. The molecule has 2 rings (SSSR count). The highest BCUT2D eigenvalue weighted by atomic mass is 32.1. The minimum absolute atomic E-state index is 0.196. The van der Waals surface area contributed by atoms with E-state index in [0.29, 0.717) is 23.9 Å². The zero-order chi connectivity index (χ0) is 14.0. The van der Waals surface area contributed by atoms with Gasteiger partial charge in [-0.25, -0.2) is 0 Å². The van der Waals surface area contributed by atoms with Gasteiger partial charge >= 0.3 is 0 Å². The second kappa shape index (κ2) is 5.78. The van der Waals surface area contributed by atoms with Gasteiger partial charge in [0.05, 0.1) is 10.4 Å². The van der Waals surface area contributed by atoms with Gasteiger partial charge in [0.15, 0.2) is 0 Å². The van der Waals surface area contributed by atoms with Crippen LogP contribution in [0.15, 0.2) is 0 Å². The van der Waals surface area contributed by atoms with Crippen LogP contribution in [0.1, 0.15) is 58.8 Å². The maximum Gasteiger partial charge on any atom is 0.235 e. The summed E-state index contributed by atoms with van der Waals surface area (Å²) in [6, 6.07) is 0.452. The summed E-state index contributed by atoms with van der Waals surface area (Å²) in [7, 11) is 0. The first kappa shape index (κ1) is 14.8. The van der Waals surface area contributed by atoms with E-state index < -0.39 is 5.41 Å². The van der Waals surface area contributed by atoms with E-state index in [0.717, 1.165) is 25.3 Å². The number of nitrogens with two attached hydrogens (primary N) is 1. The van der Waals surface area contributed by atoms with Crippen molar-refractivity contribution in [3.63, 3.8) is 0 Å². The quantitative estimate of drug-likeness (QED) is 0.807. The van der Waals surface area contributed by atoms with Gasteiger partial charge in [0.2, 0.25) is 5.91 Å². The number of piperidine rings is 1. The molecular formula is C15H26N2OS. The molecule has 1 aliphatic heterocycles. The largest absolute Gasteiger partial charge is 0.392 e. The van der Waals surface area contributed by atoms with Gasteiger partial charge in [0, 0.05) is 12.6 Å². The first-order chi connectivity index (χ1) is 9.06.